The lowest BCUT2D eigenvalue weighted by molar-refractivity contribution is 0.875. The van der Waals surface area contributed by atoms with Crippen LogP contribution in [0.2, 0.25) is 5.02 Å². The van der Waals surface area contributed by atoms with Crippen molar-refractivity contribution in [3.8, 4) is 0 Å². The summed E-state index contributed by atoms with van der Waals surface area (Å²) in [4.78, 5) is 2.38. The molecule has 1 aliphatic heterocycles. The predicted molar refractivity (Wildman–Crippen MR) is 72.5 cm³/mol. The second-order valence-corrected chi connectivity index (χ2v) is 4.99. The van der Waals surface area contributed by atoms with Crippen LogP contribution in [0.1, 0.15) is 16.7 Å². The molecule has 0 unspecified atom stereocenters. The van der Waals surface area contributed by atoms with E-state index in [0.717, 1.165) is 18.1 Å². The van der Waals surface area contributed by atoms with E-state index in [1.54, 1.807) is 0 Å². The molecule has 0 aliphatic carbocycles. The zero-order valence-electron chi connectivity index (χ0n) is 9.78. The Balaban J connectivity index is 1.96. The second-order valence-electron chi connectivity index (χ2n) is 4.56. The Morgan fingerprint density at radius 3 is 2.29 bits per heavy atom. The van der Waals surface area contributed by atoms with Crippen LogP contribution in [0.3, 0.4) is 0 Å². The number of benzene rings is 2. The van der Waals surface area contributed by atoms with Crippen LogP contribution in [0.5, 0.6) is 0 Å². The predicted octanol–water partition coefficient (Wildman–Crippen LogP) is 4.17. The molecule has 0 amide bonds. The van der Waals surface area contributed by atoms with Crippen LogP contribution in [0.4, 0.5) is 5.69 Å². The maximum Gasteiger partial charge on any atom is 0.0436 e. The molecular weight excluding hydrogens is 230 g/mol. The van der Waals surface area contributed by atoms with E-state index < -0.39 is 0 Å². The Bertz CT molecular complexity index is 538. The Kier molecular flexibility index (Phi) is 2.56. The summed E-state index contributed by atoms with van der Waals surface area (Å²) in [6.07, 6.45) is 0. The van der Waals surface area contributed by atoms with Gasteiger partial charge in [0.25, 0.3) is 0 Å². The lowest BCUT2D eigenvalue weighted by atomic mass is 10.1. The van der Waals surface area contributed by atoms with Crippen molar-refractivity contribution >= 4 is 17.3 Å². The lowest BCUT2D eigenvalue weighted by Crippen LogP contribution is -2.15. The van der Waals surface area contributed by atoms with Crippen molar-refractivity contribution in [3.63, 3.8) is 0 Å². The summed E-state index contributed by atoms with van der Waals surface area (Å²) in [5.74, 6) is 0. The van der Waals surface area contributed by atoms with Crippen LogP contribution in [0.15, 0.2) is 42.5 Å². The number of anilines is 1. The molecule has 0 spiro atoms. The topological polar surface area (TPSA) is 3.24 Å². The molecule has 1 aliphatic rings. The van der Waals surface area contributed by atoms with Crippen molar-refractivity contribution in [2.24, 2.45) is 0 Å². The van der Waals surface area contributed by atoms with Crippen molar-refractivity contribution in [3.05, 3.63) is 64.2 Å². The first-order valence-corrected chi connectivity index (χ1v) is 6.20. The van der Waals surface area contributed by atoms with Crippen molar-refractivity contribution in [1.29, 1.82) is 0 Å². The molecule has 2 heteroatoms. The maximum atomic E-state index is 6.08. The molecule has 1 heterocycles. The van der Waals surface area contributed by atoms with Gasteiger partial charge in [-0.1, -0.05) is 41.9 Å². The molecule has 0 fully saturated rings. The Labute approximate surface area is 107 Å². The Morgan fingerprint density at radius 1 is 1.00 bits per heavy atom. The third-order valence-corrected chi connectivity index (χ3v) is 3.59. The number of aryl methyl sites for hydroxylation is 1. The fourth-order valence-electron chi connectivity index (χ4n) is 2.43. The van der Waals surface area contributed by atoms with E-state index in [4.69, 9.17) is 11.6 Å². The molecule has 0 saturated heterocycles. The van der Waals surface area contributed by atoms with E-state index in [0.29, 0.717) is 0 Å². The average Bonchev–Trinajstić information content (AvgIpc) is 2.75. The van der Waals surface area contributed by atoms with Gasteiger partial charge < -0.3 is 4.90 Å². The van der Waals surface area contributed by atoms with Gasteiger partial charge in [-0.15, -0.1) is 0 Å². The first kappa shape index (κ1) is 10.7. The number of halogens is 1. The molecule has 0 N–H and O–H groups in total. The van der Waals surface area contributed by atoms with E-state index in [1.807, 2.05) is 6.07 Å². The molecule has 2 aromatic carbocycles. The van der Waals surface area contributed by atoms with Gasteiger partial charge in [-0.3, -0.25) is 0 Å². The number of hydrogen-bond acceptors (Lipinski definition) is 1. The SMILES string of the molecule is Cc1ccc(Cl)cc1N1Cc2ccccc2C1. The van der Waals surface area contributed by atoms with Gasteiger partial charge in [0.2, 0.25) is 0 Å². The summed E-state index contributed by atoms with van der Waals surface area (Å²) in [5.41, 5.74) is 5.37. The summed E-state index contributed by atoms with van der Waals surface area (Å²) in [6, 6.07) is 14.7. The highest BCUT2D eigenvalue weighted by Gasteiger charge is 2.19. The van der Waals surface area contributed by atoms with Crippen LogP contribution in [-0.2, 0) is 13.1 Å². The fourth-order valence-corrected chi connectivity index (χ4v) is 2.59. The van der Waals surface area contributed by atoms with E-state index in [1.165, 1.54) is 22.4 Å². The second kappa shape index (κ2) is 4.08. The van der Waals surface area contributed by atoms with Crippen LogP contribution in [-0.4, -0.2) is 0 Å². The molecule has 3 rings (SSSR count). The van der Waals surface area contributed by atoms with Gasteiger partial charge in [-0.2, -0.15) is 0 Å². The zero-order chi connectivity index (χ0) is 11.8. The van der Waals surface area contributed by atoms with Gasteiger partial charge in [0.15, 0.2) is 0 Å². The maximum absolute atomic E-state index is 6.08. The summed E-state index contributed by atoms with van der Waals surface area (Å²) in [7, 11) is 0. The third kappa shape index (κ3) is 1.91. The summed E-state index contributed by atoms with van der Waals surface area (Å²) in [5, 5.41) is 0.807. The minimum atomic E-state index is 0.807. The molecule has 0 bridgehead atoms. The first-order chi connectivity index (χ1) is 8.24. The van der Waals surface area contributed by atoms with E-state index in [-0.39, 0.29) is 0 Å². The van der Waals surface area contributed by atoms with Gasteiger partial charge in [-0.25, -0.2) is 0 Å². The molecule has 2 aromatic rings. The fraction of sp³-hybridized carbons (Fsp3) is 0.200. The minimum Gasteiger partial charge on any atom is -0.363 e. The van der Waals surface area contributed by atoms with Gasteiger partial charge in [0, 0.05) is 23.8 Å². The van der Waals surface area contributed by atoms with Crippen LogP contribution in [0, 0.1) is 6.92 Å². The monoisotopic (exact) mass is 243 g/mol. The normalized spacial score (nSPS) is 13.9. The van der Waals surface area contributed by atoms with Gasteiger partial charge >= 0.3 is 0 Å². The van der Waals surface area contributed by atoms with Crippen molar-refractivity contribution in [1.82, 2.24) is 0 Å². The summed E-state index contributed by atoms with van der Waals surface area (Å²) in [6.45, 7) is 4.10. The van der Waals surface area contributed by atoms with Crippen LogP contribution < -0.4 is 4.90 Å². The summed E-state index contributed by atoms with van der Waals surface area (Å²) >= 11 is 6.08. The minimum absolute atomic E-state index is 0.807. The molecule has 17 heavy (non-hydrogen) atoms. The van der Waals surface area contributed by atoms with Crippen LogP contribution >= 0.6 is 11.6 Å². The van der Waals surface area contributed by atoms with Crippen molar-refractivity contribution in [2.45, 2.75) is 20.0 Å². The molecule has 0 aromatic heterocycles. The molecule has 0 saturated carbocycles. The van der Waals surface area contributed by atoms with E-state index in [2.05, 4.69) is 48.2 Å². The van der Waals surface area contributed by atoms with Crippen molar-refractivity contribution < 1.29 is 0 Å². The van der Waals surface area contributed by atoms with Crippen molar-refractivity contribution in [2.75, 3.05) is 4.90 Å². The van der Waals surface area contributed by atoms with E-state index >= 15 is 0 Å². The number of rotatable bonds is 1. The Morgan fingerprint density at radius 2 is 1.65 bits per heavy atom. The smallest absolute Gasteiger partial charge is 0.0436 e. The zero-order valence-corrected chi connectivity index (χ0v) is 10.5. The van der Waals surface area contributed by atoms with Gasteiger partial charge in [-0.05, 0) is 35.7 Å². The molecule has 86 valence electrons. The molecule has 1 nitrogen and oxygen atoms in total. The van der Waals surface area contributed by atoms with E-state index in [9.17, 15) is 0 Å². The highest BCUT2D eigenvalue weighted by Crippen LogP contribution is 2.31. The highest BCUT2D eigenvalue weighted by atomic mass is 35.5. The number of hydrogen-bond donors (Lipinski definition) is 0. The first-order valence-electron chi connectivity index (χ1n) is 5.82. The van der Waals surface area contributed by atoms with Crippen LogP contribution in [0.25, 0.3) is 0 Å². The standard InChI is InChI=1S/C15H14ClN/c1-11-6-7-14(16)8-15(11)17-9-12-4-2-3-5-13(12)10-17/h2-8H,9-10H2,1H3. The van der Waals surface area contributed by atoms with Gasteiger partial charge in [0.1, 0.15) is 0 Å². The number of nitrogens with zero attached hydrogens (tertiary/aromatic N) is 1. The highest BCUT2D eigenvalue weighted by molar-refractivity contribution is 6.30. The summed E-state index contributed by atoms with van der Waals surface area (Å²) < 4.78 is 0. The Hall–Kier alpha value is -1.47. The lowest BCUT2D eigenvalue weighted by Gasteiger charge is -2.20. The molecular formula is C15H14ClN. The largest absolute Gasteiger partial charge is 0.363 e. The van der Waals surface area contributed by atoms with Gasteiger partial charge in [0.05, 0.1) is 0 Å². The number of fused-ring (bicyclic) bond motifs is 1. The average molecular weight is 244 g/mol. The third-order valence-electron chi connectivity index (χ3n) is 3.35. The molecule has 0 radical (unpaired) electrons. The quantitative estimate of drug-likeness (QED) is 0.727. The molecule has 0 atom stereocenters.